The van der Waals surface area contributed by atoms with Crippen molar-refractivity contribution in [2.45, 2.75) is 13.5 Å². The number of nitrogens with one attached hydrogen (secondary N) is 1. The number of fused-ring (bicyclic) bond motifs is 1. The second-order valence-electron chi connectivity index (χ2n) is 7.79. The number of aromatic nitrogens is 5. The lowest BCUT2D eigenvalue weighted by atomic mass is 10.1. The van der Waals surface area contributed by atoms with Gasteiger partial charge in [0.15, 0.2) is 5.82 Å². The highest BCUT2D eigenvalue weighted by molar-refractivity contribution is 6.00. The predicted octanol–water partition coefficient (Wildman–Crippen LogP) is 3.47. The van der Waals surface area contributed by atoms with Crippen LogP contribution in [0.5, 0.6) is 0 Å². The number of benzene rings is 1. The van der Waals surface area contributed by atoms with Crippen molar-refractivity contribution in [3.05, 3.63) is 95.4 Å². The van der Waals surface area contributed by atoms with Crippen molar-refractivity contribution < 1.29 is 4.79 Å². The Morgan fingerprint density at radius 1 is 1.15 bits per heavy atom. The zero-order valence-corrected chi connectivity index (χ0v) is 18.3. The molecule has 3 N–H and O–H groups in total. The molecule has 0 saturated heterocycles. The fourth-order valence-electron chi connectivity index (χ4n) is 3.71. The third-order valence-corrected chi connectivity index (χ3v) is 5.44. The van der Waals surface area contributed by atoms with E-state index in [1.165, 1.54) is 6.20 Å². The Kier molecular flexibility index (Phi) is 5.24. The van der Waals surface area contributed by atoms with Crippen LogP contribution in [0, 0.1) is 18.3 Å². The number of carbonyl (C=O) groups excluding carboxylic acids is 1. The number of pyridine rings is 2. The minimum absolute atomic E-state index is 0.348. The van der Waals surface area contributed by atoms with Crippen molar-refractivity contribution >= 4 is 17.2 Å². The van der Waals surface area contributed by atoms with E-state index in [9.17, 15) is 4.79 Å². The topological polar surface area (TPSA) is 127 Å². The Morgan fingerprint density at radius 3 is 2.71 bits per heavy atom. The molecule has 0 fully saturated rings. The van der Waals surface area contributed by atoms with Crippen molar-refractivity contribution in [3.63, 3.8) is 0 Å². The van der Waals surface area contributed by atoms with Gasteiger partial charge in [-0.3, -0.25) is 4.79 Å². The van der Waals surface area contributed by atoms with Gasteiger partial charge in [0.2, 0.25) is 0 Å². The molecule has 0 unspecified atom stereocenters. The Balaban J connectivity index is 1.55. The maximum Gasteiger partial charge on any atom is 0.252 e. The van der Waals surface area contributed by atoms with Gasteiger partial charge in [-0.05, 0) is 48.9 Å². The summed E-state index contributed by atoms with van der Waals surface area (Å²) in [7, 11) is 0. The summed E-state index contributed by atoms with van der Waals surface area (Å²) < 4.78 is 3.37. The predicted molar refractivity (Wildman–Crippen MR) is 127 cm³/mol. The minimum atomic E-state index is -0.536. The van der Waals surface area contributed by atoms with E-state index in [0.717, 1.165) is 22.5 Å². The molecule has 0 saturated carbocycles. The standard InChI is InChI=1S/C25H20N8O/c1-16-3-2-4-24(30-16)33-21(19-9-10-32-22(11-19)20(15-29-32)25(27)34)12-23(31-33)28-14-18-7-5-17(13-26)6-8-18/h2-12,15H,14H2,1H3,(H2,27,34)(H,28,31). The van der Waals surface area contributed by atoms with Crippen molar-refractivity contribution in [1.29, 1.82) is 5.26 Å². The van der Waals surface area contributed by atoms with Crippen LogP contribution < -0.4 is 11.1 Å². The molecule has 0 spiro atoms. The van der Waals surface area contributed by atoms with Gasteiger partial charge in [0, 0.05) is 30.1 Å². The average molecular weight is 448 g/mol. The smallest absolute Gasteiger partial charge is 0.252 e. The molecule has 0 radical (unpaired) electrons. The number of primary amides is 1. The van der Waals surface area contributed by atoms with Gasteiger partial charge < -0.3 is 11.1 Å². The first-order valence-electron chi connectivity index (χ1n) is 10.6. The maximum absolute atomic E-state index is 11.8. The largest absolute Gasteiger partial charge is 0.365 e. The number of nitrogens with zero attached hydrogens (tertiary/aromatic N) is 6. The van der Waals surface area contributed by atoms with Gasteiger partial charge >= 0.3 is 0 Å². The van der Waals surface area contributed by atoms with Gasteiger partial charge in [0.05, 0.1) is 34.6 Å². The van der Waals surface area contributed by atoms with E-state index in [2.05, 4.69) is 21.5 Å². The average Bonchev–Trinajstić information content (AvgIpc) is 3.47. The summed E-state index contributed by atoms with van der Waals surface area (Å²) in [6.07, 6.45) is 3.24. The number of nitrogens with two attached hydrogens (primary N) is 1. The van der Waals surface area contributed by atoms with E-state index >= 15 is 0 Å². The first kappa shape index (κ1) is 20.9. The van der Waals surface area contributed by atoms with Gasteiger partial charge in [-0.1, -0.05) is 18.2 Å². The van der Waals surface area contributed by atoms with Crippen LogP contribution in [-0.4, -0.2) is 30.3 Å². The van der Waals surface area contributed by atoms with E-state index in [-0.39, 0.29) is 0 Å². The van der Waals surface area contributed by atoms with Gasteiger partial charge in [-0.15, -0.1) is 5.10 Å². The molecule has 1 aromatic carbocycles. The number of carbonyl (C=O) groups is 1. The van der Waals surface area contributed by atoms with Gasteiger partial charge in [0.1, 0.15) is 5.82 Å². The Hall–Kier alpha value is -4.97. The molecule has 0 aliphatic heterocycles. The highest BCUT2D eigenvalue weighted by atomic mass is 16.1. The second-order valence-corrected chi connectivity index (χ2v) is 7.79. The van der Waals surface area contributed by atoms with Crippen LogP contribution in [0.4, 0.5) is 5.82 Å². The molecule has 0 atom stereocenters. The molecule has 0 bridgehead atoms. The number of rotatable bonds is 6. The third kappa shape index (κ3) is 3.96. The van der Waals surface area contributed by atoms with E-state index in [1.807, 2.05) is 55.5 Å². The molecule has 166 valence electrons. The summed E-state index contributed by atoms with van der Waals surface area (Å²) in [6.45, 7) is 2.46. The van der Waals surface area contributed by atoms with E-state index in [1.54, 1.807) is 27.5 Å². The van der Waals surface area contributed by atoms with Gasteiger partial charge in [0.25, 0.3) is 5.91 Å². The molecule has 34 heavy (non-hydrogen) atoms. The van der Waals surface area contributed by atoms with Crippen LogP contribution in [0.1, 0.15) is 27.2 Å². The lowest BCUT2D eigenvalue weighted by Gasteiger charge is -2.08. The molecular formula is C25H20N8O. The Morgan fingerprint density at radius 2 is 1.97 bits per heavy atom. The summed E-state index contributed by atoms with van der Waals surface area (Å²) in [5.74, 6) is 0.793. The van der Waals surface area contributed by atoms with Crippen molar-refractivity contribution in [3.8, 4) is 23.1 Å². The molecule has 4 heterocycles. The SMILES string of the molecule is Cc1cccc(-n2nc(NCc3ccc(C#N)cc3)cc2-c2ccn3ncc(C(N)=O)c3c2)n1. The monoisotopic (exact) mass is 448 g/mol. The van der Waals surface area contributed by atoms with Crippen molar-refractivity contribution in [2.24, 2.45) is 5.73 Å². The van der Waals surface area contributed by atoms with Crippen LogP contribution in [0.15, 0.2) is 73.1 Å². The third-order valence-electron chi connectivity index (χ3n) is 5.44. The van der Waals surface area contributed by atoms with E-state index < -0.39 is 5.91 Å². The highest BCUT2D eigenvalue weighted by Crippen LogP contribution is 2.27. The first-order valence-corrected chi connectivity index (χ1v) is 10.6. The molecule has 0 aliphatic carbocycles. The fourth-order valence-corrected chi connectivity index (χ4v) is 3.71. The number of anilines is 1. The first-order chi connectivity index (χ1) is 16.5. The maximum atomic E-state index is 11.8. The highest BCUT2D eigenvalue weighted by Gasteiger charge is 2.16. The quantitative estimate of drug-likeness (QED) is 0.409. The van der Waals surface area contributed by atoms with Gasteiger partial charge in [-0.2, -0.15) is 10.4 Å². The van der Waals surface area contributed by atoms with Crippen LogP contribution >= 0.6 is 0 Å². The van der Waals surface area contributed by atoms with E-state index in [0.29, 0.717) is 34.8 Å². The summed E-state index contributed by atoms with van der Waals surface area (Å²) >= 11 is 0. The molecule has 5 aromatic rings. The normalized spacial score (nSPS) is 10.8. The molecule has 9 heteroatoms. The van der Waals surface area contributed by atoms with Crippen molar-refractivity contribution in [2.75, 3.05) is 5.32 Å². The van der Waals surface area contributed by atoms with Crippen LogP contribution in [0.3, 0.4) is 0 Å². The van der Waals surface area contributed by atoms with Crippen LogP contribution in [0.25, 0.3) is 22.6 Å². The molecular weight excluding hydrogens is 428 g/mol. The number of aryl methyl sites for hydroxylation is 1. The molecule has 4 aromatic heterocycles. The summed E-state index contributed by atoms with van der Waals surface area (Å²) in [4.78, 5) is 16.5. The Labute approximate surface area is 195 Å². The molecule has 9 nitrogen and oxygen atoms in total. The number of hydrogen-bond donors (Lipinski definition) is 2. The Bertz CT molecular complexity index is 1560. The zero-order valence-electron chi connectivity index (χ0n) is 18.3. The zero-order chi connectivity index (χ0) is 23.7. The molecule has 1 amide bonds. The number of nitriles is 1. The fraction of sp³-hybridized carbons (Fsp3) is 0.0800. The summed E-state index contributed by atoms with van der Waals surface area (Å²) in [5, 5.41) is 21.3. The van der Waals surface area contributed by atoms with Crippen LogP contribution in [0.2, 0.25) is 0 Å². The number of hydrogen-bond acceptors (Lipinski definition) is 6. The number of amides is 1. The molecule has 5 rings (SSSR count). The minimum Gasteiger partial charge on any atom is -0.365 e. The van der Waals surface area contributed by atoms with Gasteiger partial charge in [-0.25, -0.2) is 14.2 Å². The summed E-state index contributed by atoms with van der Waals surface area (Å²) in [5.41, 5.74) is 10.6. The summed E-state index contributed by atoms with van der Waals surface area (Å²) in [6, 6.07) is 20.9. The molecule has 0 aliphatic rings. The van der Waals surface area contributed by atoms with Crippen LogP contribution in [-0.2, 0) is 6.54 Å². The van der Waals surface area contributed by atoms with Crippen molar-refractivity contribution in [1.82, 2.24) is 24.4 Å². The second kappa shape index (κ2) is 8.52. The van der Waals surface area contributed by atoms with E-state index in [4.69, 9.17) is 16.1 Å². The lowest BCUT2D eigenvalue weighted by Crippen LogP contribution is -2.10. The lowest BCUT2D eigenvalue weighted by molar-refractivity contribution is 0.100.